The van der Waals surface area contributed by atoms with E-state index in [1.165, 1.54) is 24.8 Å². The van der Waals surface area contributed by atoms with Gasteiger partial charge in [-0.2, -0.15) is 0 Å². The molecule has 0 saturated heterocycles. The zero-order valence-electron chi connectivity index (χ0n) is 14.1. The van der Waals surface area contributed by atoms with Crippen LogP contribution < -0.4 is 10.1 Å². The quantitative estimate of drug-likeness (QED) is 0.876. The third-order valence-electron chi connectivity index (χ3n) is 6.78. The molecule has 4 atom stereocenters. The molecule has 0 aromatic heterocycles. The van der Waals surface area contributed by atoms with E-state index >= 15 is 0 Å². The molecule has 1 aromatic carbocycles. The average Bonchev–Trinajstić information content (AvgIpc) is 2.80. The number of hydrogen-bond donors (Lipinski definition) is 1. The van der Waals surface area contributed by atoms with Gasteiger partial charge >= 0.3 is 0 Å². The Balaban J connectivity index is 1.79. The molecular weight excluding hydrogens is 258 g/mol. The SMILES string of the molecule is CNC(C)c1cccc(OC2CC3CCC2(C)C3(C)C)c1. The minimum absolute atomic E-state index is 0.322. The standard InChI is InChI=1S/C19H29NO/c1-13(20-5)14-7-6-8-16(11-14)21-17-12-15-9-10-19(17,4)18(15,2)3/h6-8,11,13,15,17,20H,9-10,12H2,1-5H3. The van der Waals surface area contributed by atoms with E-state index in [-0.39, 0.29) is 0 Å². The first-order valence-electron chi connectivity index (χ1n) is 8.32. The van der Waals surface area contributed by atoms with Crippen molar-refractivity contribution in [1.29, 1.82) is 0 Å². The van der Waals surface area contributed by atoms with Crippen molar-refractivity contribution in [2.45, 2.75) is 59.1 Å². The molecule has 116 valence electrons. The van der Waals surface area contributed by atoms with Gasteiger partial charge in [0.15, 0.2) is 0 Å². The van der Waals surface area contributed by atoms with E-state index in [4.69, 9.17) is 4.74 Å². The van der Waals surface area contributed by atoms with E-state index in [0.29, 0.717) is 23.0 Å². The van der Waals surface area contributed by atoms with E-state index in [9.17, 15) is 0 Å². The normalized spacial score (nSPS) is 34.9. The fraction of sp³-hybridized carbons (Fsp3) is 0.684. The van der Waals surface area contributed by atoms with Gasteiger partial charge in [-0.25, -0.2) is 0 Å². The van der Waals surface area contributed by atoms with Crippen LogP contribution in [0.3, 0.4) is 0 Å². The Kier molecular flexibility index (Phi) is 3.56. The van der Waals surface area contributed by atoms with Crippen LogP contribution in [-0.2, 0) is 0 Å². The highest BCUT2D eigenvalue weighted by Crippen LogP contribution is 2.66. The van der Waals surface area contributed by atoms with E-state index in [2.05, 4.69) is 57.3 Å². The monoisotopic (exact) mass is 287 g/mol. The predicted molar refractivity (Wildman–Crippen MR) is 87.6 cm³/mol. The van der Waals surface area contributed by atoms with Crippen LogP contribution in [-0.4, -0.2) is 13.2 Å². The highest BCUT2D eigenvalue weighted by atomic mass is 16.5. The molecule has 2 aliphatic carbocycles. The Hall–Kier alpha value is -1.02. The van der Waals surface area contributed by atoms with E-state index < -0.39 is 0 Å². The zero-order valence-corrected chi connectivity index (χ0v) is 14.1. The van der Waals surface area contributed by atoms with Crippen LogP contribution in [0.5, 0.6) is 5.75 Å². The molecule has 2 heteroatoms. The van der Waals surface area contributed by atoms with E-state index in [0.717, 1.165) is 11.7 Å². The van der Waals surface area contributed by atoms with E-state index in [1.54, 1.807) is 0 Å². The lowest BCUT2D eigenvalue weighted by Gasteiger charge is -2.39. The Morgan fingerprint density at radius 3 is 2.62 bits per heavy atom. The second kappa shape index (κ2) is 5.01. The maximum Gasteiger partial charge on any atom is 0.120 e. The molecule has 0 radical (unpaired) electrons. The fourth-order valence-electron chi connectivity index (χ4n) is 4.50. The van der Waals surface area contributed by atoms with Gasteiger partial charge in [-0.15, -0.1) is 0 Å². The molecular formula is C19H29NO. The molecule has 4 unspecified atom stereocenters. The first-order chi connectivity index (χ1) is 9.88. The summed E-state index contributed by atoms with van der Waals surface area (Å²) < 4.78 is 6.46. The van der Waals surface area contributed by atoms with Crippen molar-refractivity contribution in [2.75, 3.05) is 7.05 Å². The van der Waals surface area contributed by atoms with Crippen LogP contribution in [0.2, 0.25) is 0 Å². The molecule has 2 fully saturated rings. The molecule has 2 saturated carbocycles. The third-order valence-corrected chi connectivity index (χ3v) is 6.78. The zero-order chi connectivity index (χ0) is 15.3. The summed E-state index contributed by atoms with van der Waals surface area (Å²) >= 11 is 0. The van der Waals surface area contributed by atoms with Crippen LogP contribution >= 0.6 is 0 Å². The number of nitrogens with one attached hydrogen (secondary N) is 1. The van der Waals surface area contributed by atoms with Crippen LogP contribution in [0, 0.1) is 16.7 Å². The summed E-state index contributed by atoms with van der Waals surface area (Å²) in [6, 6.07) is 8.94. The number of ether oxygens (including phenoxy) is 1. The lowest BCUT2D eigenvalue weighted by molar-refractivity contribution is 0.0301. The van der Waals surface area contributed by atoms with Crippen molar-refractivity contribution in [2.24, 2.45) is 16.7 Å². The van der Waals surface area contributed by atoms with Crippen LogP contribution in [0.1, 0.15) is 58.6 Å². The van der Waals surface area contributed by atoms with Gasteiger partial charge in [0.1, 0.15) is 11.9 Å². The Labute approximate surface area is 129 Å². The van der Waals surface area contributed by atoms with Crippen LogP contribution in [0.25, 0.3) is 0 Å². The van der Waals surface area contributed by atoms with Crippen LogP contribution in [0.4, 0.5) is 0 Å². The van der Waals surface area contributed by atoms with Gasteiger partial charge in [0, 0.05) is 11.5 Å². The maximum absolute atomic E-state index is 6.46. The lowest BCUT2D eigenvalue weighted by Crippen LogP contribution is -2.38. The first-order valence-corrected chi connectivity index (χ1v) is 8.32. The summed E-state index contributed by atoms with van der Waals surface area (Å²) in [6.45, 7) is 9.49. The summed E-state index contributed by atoms with van der Waals surface area (Å²) in [4.78, 5) is 0. The first kappa shape index (κ1) is 14.9. The van der Waals surface area contributed by atoms with Crippen molar-refractivity contribution in [1.82, 2.24) is 5.32 Å². The Morgan fingerprint density at radius 2 is 2.05 bits per heavy atom. The van der Waals surface area contributed by atoms with Gasteiger partial charge < -0.3 is 10.1 Å². The number of fused-ring (bicyclic) bond motifs is 2. The van der Waals surface area contributed by atoms with Gasteiger partial charge in [-0.1, -0.05) is 32.9 Å². The number of hydrogen-bond acceptors (Lipinski definition) is 2. The minimum Gasteiger partial charge on any atom is -0.490 e. The Bertz CT molecular complexity index is 524. The molecule has 1 N–H and O–H groups in total. The molecule has 2 aliphatic rings. The summed E-state index contributed by atoms with van der Waals surface area (Å²) in [5.74, 6) is 1.86. The molecule has 3 rings (SSSR count). The van der Waals surface area contributed by atoms with Crippen molar-refractivity contribution in [3.05, 3.63) is 29.8 Å². The molecule has 2 nitrogen and oxygen atoms in total. The molecule has 0 amide bonds. The van der Waals surface area contributed by atoms with Crippen molar-refractivity contribution < 1.29 is 4.74 Å². The van der Waals surface area contributed by atoms with Gasteiger partial charge in [-0.05, 0) is 62.3 Å². The smallest absolute Gasteiger partial charge is 0.120 e. The van der Waals surface area contributed by atoms with Gasteiger partial charge in [0.2, 0.25) is 0 Å². The number of rotatable bonds is 4. The van der Waals surface area contributed by atoms with Crippen molar-refractivity contribution >= 4 is 0 Å². The van der Waals surface area contributed by atoms with Gasteiger partial charge in [0.05, 0.1) is 0 Å². The minimum atomic E-state index is 0.322. The van der Waals surface area contributed by atoms with Gasteiger partial charge in [-0.3, -0.25) is 0 Å². The molecule has 21 heavy (non-hydrogen) atoms. The predicted octanol–water partition coefficient (Wildman–Crippen LogP) is 4.56. The number of benzene rings is 1. The molecule has 1 aromatic rings. The molecule has 2 bridgehead atoms. The summed E-state index contributed by atoms with van der Waals surface area (Å²) in [7, 11) is 2.00. The lowest BCUT2D eigenvalue weighted by atomic mass is 9.70. The highest BCUT2D eigenvalue weighted by molar-refractivity contribution is 5.31. The van der Waals surface area contributed by atoms with Crippen molar-refractivity contribution in [3.8, 4) is 5.75 Å². The molecule has 0 heterocycles. The summed E-state index contributed by atoms with van der Waals surface area (Å²) in [6.07, 6.45) is 4.27. The van der Waals surface area contributed by atoms with E-state index in [1.807, 2.05) is 7.05 Å². The second-order valence-corrected chi connectivity index (χ2v) is 7.80. The topological polar surface area (TPSA) is 21.3 Å². The second-order valence-electron chi connectivity index (χ2n) is 7.80. The Morgan fingerprint density at radius 1 is 1.29 bits per heavy atom. The maximum atomic E-state index is 6.46. The van der Waals surface area contributed by atoms with Gasteiger partial charge in [0.25, 0.3) is 0 Å². The molecule has 0 spiro atoms. The highest BCUT2D eigenvalue weighted by Gasteiger charge is 2.62. The third kappa shape index (κ3) is 2.19. The largest absolute Gasteiger partial charge is 0.490 e. The van der Waals surface area contributed by atoms with Crippen molar-refractivity contribution in [3.63, 3.8) is 0 Å². The molecule has 0 aliphatic heterocycles. The fourth-order valence-corrected chi connectivity index (χ4v) is 4.50. The average molecular weight is 287 g/mol. The summed E-state index contributed by atoms with van der Waals surface area (Å²) in [5.41, 5.74) is 2.03. The summed E-state index contributed by atoms with van der Waals surface area (Å²) in [5, 5.41) is 3.29. The van der Waals surface area contributed by atoms with Crippen LogP contribution in [0.15, 0.2) is 24.3 Å².